The van der Waals surface area contributed by atoms with E-state index in [-0.39, 0.29) is 28.8 Å². The molecule has 1 fully saturated rings. The third-order valence-corrected chi connectivity index (χ3v) is 8.85. The summed E-state index contributed by atoms with van der Waals surface area (Å²) in [6.45, 7) is 12.8. The Balaban J connectivity index is 1.45. The molecule has 3 aromatic heterocycles. The number of likely N-dealkylation sites (tertiary alicyclic amines) is 1. The van der Waals surface area contributed by atoms with Gasteiger partial charge in [-0.25, -0.2) is 9.97 Å². The van der Waals surface area contributed by atoms with Gasteiger partial charge in [-0.2, -0.15) is 9.65 Å². The number of imidazole rings is 1. The van der Waals surface area contributed by atoms with Gasteiger partial charge in [0.1, 0.15) is 11.6 Å². The van der Waals surface area contributed by atoms with E-state index in [1.807, 2.05) is 37.5 Å². The summed E-state index contributed by atoms with van der Waals surface area (Å²) in [5.74, 6) is -0.286. The van der Waals surface area contributed by atoms with Gasteiger partial charge in [-0.15, -0.1) is 11.3 Å². The van der Waals surface area contributed by atoms with E-state index in [0.717, 1.165) is 40.9 Å². The molecule has 1 atom stereocenters. The maximum Gasteiger partial charge on any atom is 0.268 e. The standard InChI is InChI=1S/C35H40FN7O2S/c1-22(2)19-38-20-23-8-9-28-27(15-23)40-34(41-32(44)30-11-10-29(46-30)24-12-13-39-31(36)16-24)43(28)21-26-7-6-14-42(26)33(45)25(18-37)17-35(3,4)5/h8-13,15-17,22,26,38H,6-7,14,19-21H2,1-5H3,(H,40,41,44). The maximum absolute atomic E-state index is 13.7. The van der Waals surface area contributed by atoms with Gasteiger partial charge in [-0.1, -0.05) is 46.8 Å². The number of anilines is 1. The Bertz CT molecular complexity index is 1810. The highest BCUT2D eigenvalue weighted by Crippen LogP contribution is 2.31. The van der Waals surface area contributed by atoms with Gasteiger partial charge in [0, 0.05) is 36.8 Å². The van der Waals surface area contributed by atoms with Gasteiger partial charge in [0.05, 0.1) is 22.0 Å². The highest BCUT2D eigenvalue weighted by molar-refractivity contribution is 7.17. The summed E-state index contributed by atoms with van der Waals surface area (Å²) < 4.78 is 15.7. The van der Waals surface area contributed by atoms with E-state index in [0.29, 0.717) is 41.9 Å². The molecule has 46 heavy (non-hydrogen) atoms. The van der Waals surface area contributed by atoms with Crippen molar-refractivity contribution in [2.24, 2.45) is 11.3 Å². The molecule has 2 N–H and O–H groups in total. The molecule has 1 aliphatic heterocycles. The summed E-state index contributed by atoms with van der Waals surface area (Å²) in [5.41, 5.74) is 3.12. The highest BCUT2D eigenvalue weighted by atomic mass is 32.1. The fraction of sp³-hybridized carbons (Fsp3) is 0.400. The lowest BCUT2D eigenvalue weighted by atomic mass is 9.93. The third kappa shape index (κ3) is 7.87. The van der Waals surface area contributed by atoms with Crippen LogP contribution < -0.4 is 10.6 Å². The predicted octanol–water partition coefficient (Wildman–Crippen LogP) is 6.78. The number of carbonyl (C=O) groups excluding carboxylic acids is 2. The lowest BCUT2D eigenvalue weighted by Gasteiger charge is -2.26. The van der Waals surface area contributed by atoms with Gasteiger partial charge < -0.3 is 14.8 Å². The van der Waals surface area contributed by atoms with E-state index in [1.54, 1.807) is 29.2 Å². The number of carbonyl (C=O) groups is 2. The Morgan fingerprint density at radius 2 is 2.00 bits per heavy atom. The zero-order chi connectivity index (χ0) is 33.0. The van der Waals surface area contributed by atoms with Gasteiger partial charge in [0.2, 0.25) is 11.9 Å². The number of rotatable bonds is 10. The Hall–Kier alpha value is -4.40. The lowest BCUT2D eigenvalue weighted by molar-refractivity contribution is -0.127. The van der Waals surface area contributed by atoms with Crippen LogP contribution in [0.5, 0.6) is 0 Å². The van der Waals surface area contributed by atoms with E-state index in [1.165, 1.54) is 23.6 Å². The minimum atomic E-state index is -0.584. The molecule has 1 aliphatic rings. The van der Waals surface area contributed by atoms with Crippen molar-refractivity contribution in [2.75, 3.05) is 18.4 Å². The third-order valence-electron chi connectivity index (χ3n) is 7.72. The number of nitriles is 1. The zero-order valence-corrected chi connectivity index (χ0v) is 27.7. The summed E-state index contributed by atoms with van der Waals surface area (Å²) in [6.07, 6.45) is 4.71. The fourth-order valence-corrected chi connectivity index (χ4v) is 6.54. The summed E-state index contributed by atoms with van der Waals surface area (Å²) in [4.78, 5) is 38.5. The van der Waals surface area contributed by atoms with Crippen molar-refractivity contribution in [1.29, 1.82) is 5.26 Å². The van der Waals surface area contributed by atoms with Crippen molar-refractivity contribution in [2.45, 2.75) is 66.6 Å². The van der Waals surface area contributed by atoms with Crippen molar-refractivity contribution >= 4 is 40.1 Å². The molecule has 4 heterocycles. The molecule has 0 saturated carbocycles. The summed E-state index contributed by atoms with van der Waals surface area (Å²) >= 11 is 1.25. The van der Waals surface area contributed by atoms with Crippen molar-refractivity contribution in [3.8, 4) is 16.5 Å². The SMILES string of the molecule is CC(C)CNCc1ccc2c(c1)nc(NC(=O)c1ccc(-c3ccnc(F)c3)s1)n2CC1CCCN1C(=O)C(C#N)=CC(C)(C)C. The van der Waals surface area contributed by atoms with E-state index >= 15 is 0 Å². The topological polar surface area (TPSA) is 116 Å². The first-order valence-electron chi connectivity index (χ1n) is 15.6. The molecule has 1 saturated heterocycles. The van der Waals surface area contributed by atoms with Crippen LogP contribution >= 0.6 is 11.3 Å². The smallest absolute Gasteiger partial charge is 0.268 e. The second kappa shape index (κ2) is 13.9. The van der Waals surface area contributed by atoms with Gasteiger partial charge in [0.15, 0.2) is 0 Å². The first kappa shape index (κ1) is 33.0. The number of amides is 2. The molecule has 4 aromatic rings. The van der Waals surface area contributed by atoms with Gasteiger partial charge in [-0.3, -0.25) is 14.9 Å². The normalized spacial score (nSPS) is 15.5. The van der Waals surface area contributed by atoms with Gasteiger partial charge in [-0.05, 0) is 72.2 Å². The number of fused-ring (bicyclic) bond motifs is 1. The van der Waals surface area contributed by atoms with Crippen molar-refractivity contribution < 1.29 is 14.0 Å². The van der Waals surface area contributed by atoms with Crippen molar-refractivity contribution in [3.05, 3.63) is 76.7 Å². The van der Waals surface area contributed by atoms with Crippen LogP contribution in [0.15, 0.2) is 60.3 Å². The average Bonchev–Trinajstić information content (AvgIpc) is 3.75. The number of halogens is 1. The molecule has 1 unspecified atom stereocenters. The molecular formula is C35H40FN7O2S. The Morgan fingerprint density at radius 3 is 2.72 bits per heavy atom. The highest BCUT2D eigenvalue weighted by Gasteiger charge is 2.32. The second-order valence-corrected chi connectivity index (χ2v) is 14.3. The first-order valence-corrected chi connectivity index (χ1v) is 16.4. The maximum atomic E-state index is 13.7. The van der Waals surface area contributed by atoms with E-state index in [9.17, 15) is 19.2 Å². The van der Waals surface area contributed by atoms with Crippen LogP contribution in [0.25, 0.3) is 21.5 Å². The quantitative estimate of drug-likeness (QED) is 0.112. The Labute approximate surface area is 273 Å². The zero-order valence-electron chi connectivity index (χ0n) is 26.9. The summed E-state index contributed by atoms with van der Waals surface area (Å²) in [6, 6.07) is 14.5. The summed E-state index contributed by atoms with van der Waals surface area (Å²) in [7, 11) is 0. The molecule has 11 heteroatoms. The molecule has 2 amide bonds. The van der Waals surface area contributed by atoms with Crippen LogP contribution in [0.3, 0.4) is 0 Å². The molecule has 1 aromatic carbocycles. The van der Waals surface area contributed by atoms with Crippen LogP contribution in [-0.4, -0.2) is 50.4 Å². The summed E-state index contributed by atoms with van der Waals surface area (Å²) in [5, 5.41) is 16.3. The second-order valence-electron chi connectivity index (χ2n) is 13.2. The van der Waals surface area contributed by atoms with Crippen LogP contribution in [-0.2, 0) is 17.9 Å². The molecule has 0 radical (unpaired) electrons. The number of nitrogens with zero attached hydrogens (tertiary/aromatic N) is 5. The number of hydrogen-bond acceptors (Lipinski definition) is 7. The van der Waals surface area contributed by atoms with Crippen LogP contribution in [0.2, 0.25) is 0 Å². The number of aromatic nitrogens is 3. The van der Waals surface area contributed by atoms with Crippen molar-refractivity contribution in [1.82, 2.24) is 24.8 Å². The minimum Gasteiger partial charge on any atom is -0.333 e. The van der Waals surface area contributed by atoms with Crippen LogP contribution in [0, 0.1) is 28.6 Å². The number of hydrogen-bond donors (Lipinski definition) is 2. The Morgan fingerprint density at radius 1 is 1.20 bits per heavy atom. The number of allylic oxidation sites excluding steroid dienone is 1. The number of thiophene rings is 1. The first-order chi connectivity index (χ1) is 21.9. The van der Waals surface area contributed by atoms with Gasteiger partial charge >= 0.3 is 0 Å². The van der Waals surface area contributed by atoms with Crippen molar-refractivity contribution in [3.63, 3.8) is 0 Å². The average molecular weight is 642 g/mol. The van der Waals surface area contributed by atoms with E-state index < -0.39 is 5.95 Å². The molecule has 0 spiro atoms. The predicted molar refractivity (Wildman–Crippen MR) is 180 cm³/mol. The van der Waals surface area contributed by atoms with Crippen LogP contribution in [0.1, 0.15) is 62.7 Å². The molecular weight excluding hydrogens is 601 g/mol. The van der Waals surface area contributed by atoms with E-state index in [2.05, 4.69) is 41.6 Å². The minimum absolute atomic E-state index is 0.143. The van der Waals surface area contributed by atoms with E-state index in [4.69, 9.17) is 4.98 Å². The van der Waals surface area contributed by atoms with Gasteiger partial charge in [0.25, 0.3) is 11.8 Å². The number of nitrogens with one attached hydrogen (secondary N) is 2. The molecule has 240 valence electrons. The molecule has 0 bridgehead atoms. The molecule has 5 rings (SSSR count). The number of benzene rings is 1. The molecule has 9 nitrogen and oxygen atoms in total. The monoisotopic (exact) mass is 641 g/mol. The number of pyridine rings is 1. The van der Waals surface area contributed by atoms with Crippen LogP contribution in [0.4, 0.5) is 10.3 Å². The molecule has 0 aliphatic carbocycles. The fourth-order valence-electron chi connectivity index (χ4n) is 5.64. The lowest BCUT2D eigenvalue weighted by Crippen LogP contribution is -2.39. The largest absolute Gasteiger partial charge is 0.333 e. The Kier molecular flexibility index (Phi) is 9.99.